The molecular weight excluding hydrogens is 230 g/mol. The molecule has 4 heteroatoms. The number of thiazole rings is 1. The number of H-pyrrole nitrogens is 1. The van der Waals surface area contributed by atoms with Gasteiger partial charge in [-0.25, -0.2) is 4.98 Å². The molecule has 3 aromatic rings. The van der Waals surface area contributed by atoms with Crippen LogP contribution >= 0.6 is 11.3 Å². The van der Waals surface area contributed by atoms with Gasteiger partial charge in [-0.05, 0) is 38.5 Å². The van der Waals surface area contributed by atoms with Gasteiger partial charge in [-0.3, -0.25) is 5.10 Å². The molecule has 0 atom stereocenters. The normalized spacial score (nSPS) is 11.2. The Morgan fingerprint density at radius 2 is 2.00 bits per heavy atom. The number of hydrogen-bond donors (Lipinski definition) is 1. The fraction of sp³-hybridized carbons (Fsp3) is 0.231. The van der Waals surface area contributed by atoms with Gasteiger partial charge in [-0.2, -0.15) is 5.10 Å². The standard InChI is InChI=1S/C13H13N3S/c1-7-13(8(2)16-15-7)10-4-5-12-11(6-10)14-9(3)17-12/h4-6H,1-3H3,(H,15,16). The van der Waals surface area contributed by atoms with Crippen LogP contribution in [0.4, 0.5) is 0 Å². The number of nitrogens with one attached hydrogen (secondary N) is 1. The van der Waals surface area contributed by atoms with E-state index in [0.29, 0.717) is 0 Å². The van der Waals surface area contributed by atoms with Gasteiger partial charge >= 0.3 is 0 Å². The minimum absolute atomic E-state index is 1.04. The van der Waals surface area contributed by atoms with Crippen LogP contribution in [0, 0.1) is 20.8 Å². The van der Waals surface area contributed by atoms with Crippen molar-refractivity contribution in [2.75, 3.05) is 0 Å². The predicted molar refractivity (Wildman–Crippen MR) is 71.4 cm³/mol. The van der Waals surface area contributed by atoms with Crippen molar-refractivity contribution in [3.8, 4) is 11.1 Å². The van der Waals surface area contributed by atoms with E-state index in [9.17, 15) is 0 Å². The number of benzene rings is 1. The molecule has 17 heavy (non-hydrogen) atoms. The molecular formula is C13H13N3S. The van der Waals surface area contributed by atoms with Gasteiger partial charge in [0.15, 0.2) is 0 Å². The Kier molecular flexibility index (Phi) is 2.26. The summed E-state index contributed by atoms with van der Waals surface area (Å²) in [4.78, 5) is 4.53. The van der Waals surface area contributed by atoms with Crippen molar-refractivity contribution in [1.82, 2.24) is 15.2 Å². The van der Waals surface area contributed by atoms with E-state index in [0.717, 1.165) is 21.9 Å². The average Bonchev–Trinajstić information content (AvgIpc) is 2.80. The Labute approximate surface area is 104 Å². The maximum atomic E-state index is 4.53. The van der Waals surface area contributed by atoms with Crippen LogP contribution in [0.25, 0.3) is 21.3 Å². The van der Waals surface area contributed by atoms with Gasteiger partial charge < -0.3 is 0 Å². The third kappa shape index (κ3) is 1.65. The van der Waals surface area contributed by atoms with Gasteiger partial charge in [0.25, 0.3) is 0 Å². The third-order valence-electron chi connectivity index (χ3n) is 2.91. The second kappa shape index (κ2) is 3.67. The maximum Gasteiger partial charge on any atom is 0.0907 e. The summed E-state index contributed by atoms with van der Waals surface area (Å²) in [5.74, 6) is 0. The highest BCUT2D eigenvalue weighted by atomic mass is 32.1. The van der Waals surface area contributed by atoms with Crippen LogP contribution in [0.5, 0.6) is 0 Å². The van der Waals surface area contributed by atoms with Crippen LogP contribution in [-0.2, 0) is 0 Å². The van der Waals surface area contributed by atoms with E-state index < -0.39 is 0 Å². The lowest BCUT2D eigenvalue weighted by atomic mass is 10.0. The highest BCUT2D eigenvalue weighted by Gasteiger charge is 2.10. The summed E-state index contributed by atoms with van der Waals surface area (Å²) in [5.41, 5.74) is 5.59. The van der Waals surface area contributed by atoms with E-state index in [1.54, 1.807) is 11.3 Å². The van der Waals surface area contributed by atoms with Crippen molar-refractivity contribution in [2.45, 2.75) is 20.8 Å². The van der Waals surface area contributed by atoms with Crippen LogP contribution in [0.1, 0.15) is 16.4 Å². The van der Waals surface area contributed by atoms with E-state index in [1.807, 2.05) is 20.8 Å². The molecule has 3 nitrogen and oxygen atoms in total. The van der Waals surface area contributed by atoms with Crippen LogP contribution in [0.2, 0.25) is 0 Å². The Morgan fingerprint density at radius 1 is 1.18 bits per heavy atom. The Hall–Kier alpha value is -1.68. The summed E-state index contributed by atoms with van der Waals surface area (Å²) in [6.07, 6.45) is 0. The number of aryl methyl sites for hydroxylation is 3. The highest BCUT2D eigenvalue weighted by molar-refractivity contribution is 7.18. The second-order valence-corrected chi connectivity index (χ2v) is 5.46. The van der Waals surface area contributed by atoms with Crippen molar-refractivity contribution in [3.63, 3.8) is 0 Å². The molecule has 0 saturated carbocycles. The molecule has 0 aliphatic carbocycles. The molecule has 0 saturated heterocycles. The third-order valence-corrected chi connectivity index (χ3v) is 3.86. The number of nitrogens with zero attached hydrogens (tertiary/aromatic N) is 2. The molecule has 0 bridgehead atoms. The number of aromatic nitrogens is 3. The van der Waals surface area contributed by atoms with Crippen LogP contribution in [0.3, 0.4) is 0 Å². The molecule has 1 aromatic carbocycles. The summed E-state index contributed by atoms with van der Waals surface area (Å²) in [5, 5.41) is 8.36. The SMILES string of the molecule is Cc1nc2cc(-c3c(C)n[nH]c3C)ccc2s1. The number of rotatable bonds is 1. The smallest absolute Gasteiger partial charge is 0.0907 e. The summed E-state index contributed by atoms with van der Waals surface area (Å²) in [6.45, 7) is 6.11. The zero-order valence-corrected chi connectivity index (χ0v) is 10.9. The maximum absolute atomic E-state index is 4.53. The molecule has 86 valence electrons. The number of aromatic amines is 1. The van der Waals surface area contributed by atoms with E-state index >= 15 is 0 Å². The van der Waals surface area contributed by atoms with Crippen molar-refractivity contribution < 1.29 is 0 Å². The molecule has 0 fully saturated rings. The molecule has 3 rings (SSSR count). The zero-order valence-electron chi connectivity index (χ0n) is 10.0. The van der Waals surface area contributed by atoms with Crippen molar-refractivity contribution in [3.05, 3.63) is 34.6 Å². The van der Waals surface area contributed by atoms with Crippen molar-refractivity contribution >= 4 is 21.6 Å². The van der Waals surface area contributed by atoms with Crippen LogP contribution < -0.4 is 0 Å². The Balaban J connectivity index is 2.24. The topological polar surface area (TPSA) is 41.6 Å². The zero-order chi connectivity index (χ0) is 12.0. The quantitative estimate of drug-likeness (QED) is 0.709. The number of fused-ring (bicyclic) bond motifs is 1. The monoisotopic (exact) mass is 243 g/mol. The van der Waals surface area contributed by atoms with E-state index in [4.69, 9.17) is 0 Å². The summed E-state index contributed by atoms with van der Waals surface area (Å²) in [6, 6.07) is 6.43. The van der Waals surface area contributed by atoms with Gasteiger partial charge in [0.1, 0.15) is 0 Å². The second-order valence-electron chi connectivity index (χ2n) is 4.22. The first-order chi connectivity index (χ1) is 8.15. The average molecular weight is 243 g/mol. The van der Waals surface area contributed by atoms with Gasteiger partial charge in [-0.1, -0.05) is 6.07 Å². The van der Waals surface area contributed by atoms with E-state index in [2.05, 4.69) is 33.4 Å². The fourth-order valence-electron chi connectivity index (χ4n) is 2.17. The van der Waals surface area contributed by atoms with E-state index in [1.165, 1.54) is 15.8 Å². The molecule has 0 radical (unpaired) electrons. The van der Waals surface area contributed by atoms with Crippen LogP contribution in [0.15, 0.2) is 18.2 Å². The van der Waals surface area contributed by atoms with E-state index in [-0.39, 0.29) is 0 Å². The molecule has 2 heterocycles. The van der Waals surface area contributed by atoms with Gasteiger partial charge in [-0.15, -0.1) is 11.3 Å². The lowest BCUT2D eigenvalue weighted by molar-refractivity contribution is 1.02. The van der Waals surface area contributed by atoms with Gasteiger partial charge in [0, 0.05) is 11.3 Å². The van der Waals surface area contributed by atoms with Crippen molar-refractivity contribution in [1.29, 1.82) is 0 Å². The molecule has 1 N–H and O–H groups in total. The van der Waals surface area contributed by atoms with Gasteiger partial charge in [0.05, 0.1) is 20.9 Å². The largest absolute Gasteiger partial charge is 0.282 e. The molecule has 0 unspecified atom stereocenters. The first kappa shape index (κ1) is 10.5. The predicted octanol–water partition coefficient (Wildman–Crippen LogP) is 3.61. The Morgan fingerprint density at radius 3 is 2.71 bits per heavy atom. The lowest BCUT2D eigenvalue weighted by Gasteiger charge is -2.01. The van der Waals surface area contributed by atoms with Crippen molar-refractivity contribution in [2.24, 2.45) is 0 Å². The summed E-state index contributed by atoms with van der Waals surface area (Å²) < 4.78 is 1.24. The number of hydrogen-bond acceptors (Lipinski definition) is 3. The summed E-state index contributed by atoms with van der Waals surface area (Å²) in [7, 11) is 0. The van der Waals surface area contributed by atoms with Gasteiger partial charge in [0.2, 0.25) is 0 Å². The fourth-order valence-corrected chi connectivity index (χ4v) is 2.98. The molecule has 0 spiro atoms. The molecule has 0 amide bonds. The highest BCUT2D eigenvalue weighted by Crippen LogP contribution is 2.30. The lowest BCUT2D eigenvalue weighted by Crippen LogP contribution is -1.82. The minimum atomic E-state index is 1.04. The Bertz CT molecular complexity index is 674. The first-order valence-corrected chi connectivity index (χ1v) is 6.36. The minimum Gasteiger partial charge on any atom is -0.282 e. The summed E-state index contributed by atoms with van der Waals surface area (Å²) >= 11 is 1.73. The van der Waals surface area contributed by atoms with Crippen LogP contribution in [-0.4, -0.2) is 15.2 Å². The first-order valence-electron chi connectivity index (χ1n) is 5.54. The molecule has 0 aliphatic heterocycles. The molecule has 0 aliphatic rings. The molecule has 2 aromatic heterocycles.